The van der Waals surface area contributed by atoms with E-state index < -0.39 is 0 Å². The minimum Gasteiger partial charge on any atom is -0.328 e. The van der Waals surface area contributed by atoms with Crippen LogP contribution < -0.4 is 5.73 Å². The quantitative estimate of drug-likeness (QED) is 0.442. The van der Waals surface area contributed by atoms with Gasteiger partial charge in [0.25, 0.3) is 0 Å². The van der Waals surface area contributed by atoms with Crippen LogP contribution in [0.5, 0.6) is 0 Å². The molecule has 2 N–H and O–H groups in total. The van der Waals surface area contributed by atoms with Gasteiger partial charge in [0.1, 0.15) is 0 Å². The van der Waals surface area contributed by atoms with Crippen molar-refractivity contribution in [1.82, 2.24) is 4.90 Å². The van der Waals surface area contributed by atoms with Crippen molar-refractivity contribution in [3.05, 3.63) is 106 Å². The summed E-state index contributed by atoms with van der Waals surface area (Å²) < 4.78 is 1.13. The van der Waals surface area contributed by atoms with Gasteiger partial charge < -0.3 is 5.73 Å². The van der Waals surface area contributed by atoms with Gasteiger partial charge in [-0.25, -0.2) is 0 Å². The molecule has 0 heterocycles. The highest BCUT2D eigenvalue weighted by atomic mass is 79.9. The third-order valence-corrected chi connectivity index (χ3v) is 6.91. The van der Waals surface area contributed by atoms with E-state index in [9.17, 15) is 0 Å². The monoisotopic (exact) mass is 462 g/mol. The summed E-state index contributed by atoms with van der Waals surface area (Å²) in [4.78, 5) is 2.71. The summed E-state index contributed by atoms with van der Waals surface area (Å²) in [6.07, 6.45) is 4.63. The molecule has 0 aliphatic heterocycles. The Hall–Kier alpha value is -1.94. The Balaban J connectivity index is 1.62. The third kappa shape index (κ3) is 5.60. The lowest BCUT2D eigenvalue weighted by molar-refractivity contribution is 0.137. The van der Waals surface area contributed by atoms with Crippen LogP contribution in [0.15, 0.2) is 89.4 Å². The normalized spacial score (nSPS) is 19.3. The molecule has 1 fully saturated rings. The second-order valence-electron chi connectivity index (χ2n) is 8.50. The maximum atomic E-state index is 6.23. The Morgan fingerprint density at radius 3 is 1.83 bits per heavy atom. The first-order valence-electron chi connectivity index (χ1n) is 11.0. The summed E-state index contributed by atoms with van der Waals surface area (Å²) in [5.41, 5.74) is 10.4. The van der Waals surface area contributed by atoms with Crippen molar-refractivity contribution in [3.63, 3.8) is 0 Å². The van der Waals surface area contributed by atoms with Crippen molar-refractivity contribution in [2.45, 2.75) is 50.2 Å². The largest absolute Gasteiger partial charge is 0.328 e. The molecule has 0 radical (unpaired) electrons. The van der Waals surface area contributed by atoms with Gasteiger partial charge in [-0.05, 0) is 54.5 Å². The molecule has 1 aliphatic rings. The highest BCUT2D eigenvalue weighted by molar-refractivity contribution is 9.10. The fraction of sp³-hybridized carbons (Fsp3) is 0.333. The lowest BCUT2D eigenvalue weighted by atomic mass is 9.87. The van der Waals surface area contributed by atoms with Gasteiger partial charge in [-0.1, -0.05) is 88.7 Å². The fourth-order valence-corrected chi connectivity index (χ4v) is 4.91. The molecule has 2 nitrogen and oxygen atoms in total. The fourth-order valence-electron chi connectivity index (χ4n) is 4.64. The molecule has 0 saturated heterocycles. The van der Waals surface area contributed by atoms with Gasteiger partial charge in [-0.15, -0.1) is 0 Å². The van der Waals surface area contributed by atoms with Crippen LogP contribution in [-0.4, -0.2) is 23.5 Å². The Bertz CT molecular complexity index is 848. The SMILES string of the molecule is NC1CCC(N(Cc2ccc(Br)cc2)CC(c2ccccc2)c2ccccc2)CC1. The maximum Gasteiger partial charge on any atom is 0.0237 e. The van der Waals surface area contributed by atoms with Gasteiger partial charge in [0.05, 0.1) is 0 Å². The zero-order valence-corrected chi connectivity index (χ0v) is 19.0. The molecule has 1 saturated carbocycles. The maximum absolute atomic E-state index is 6.23. The topological polar surface area (TPSA) is 29.3 Å². The Labute approximate surface area is 189 Å². The number of rotatable bonds is 7. The summed E-state index contributed by atoms with van der Waals surface area (Å²) in [7, 11) is 0. The number of nitrogens with zero attached hydrogens (tertiary/aromatic N) is 1. The van der Waals surface area contributed by atoms with Gasteiger partial charge in [0, 0.05) is 35.6 Å². The molecule has 0 spiro atoms. The summed E-state index contributed by atoms with van der Waals surface area (Å²) in [5, 5.41) is 0. The van der Waals surface area contributed by atoms with Crippen molar-refractivity contribution in [2.75, 3.05) is 6.54 Å². The number of hydrogen-bond acceptors (Lipinski definition) is 2. The zero-order valence-electron chi connectivity index (χ0n) is 17.5. The third-order valence-electron chi connectivity index (χ3n) is 6.38. The number of hydrogen-bond donors (Lipinski definition) is 1. The molecule has 30 heavy (non-hydrogen) atoms. The Kier molecular flexibility index (Phi) is 7.37. The molecule has 0 aromatic heterocycles. The van der Waals surface area contributed by atoms with Crippen LogP contribution in [0.2, 0.25) is 0 Å². The van der Waals surface area contributed by atoms with Crippen LogP contribution in [-0.2, 0) is 6.54 Å². The van der Waals surface area contributed by atoms with E-state index in [0.717, 1.165) is 30.4 Å². The molecule has 0 bridgehead atoms. The Morgan fingerprint density at radius 2 is 1.30 bits per heavy atom. The van der Waals surface area contributed by atoms with Crippen molar-refractivity contribution < 1.29 is 0 Å². The molecular formula is C27H31BrN2. The second-order valence-corrected chi connectivity index (χ2v) is 9.41. The van der Waals surface area contributed by atoms with E-state index in [0.29, 0.717) is 18.0 Å². The van der Waals surface area contributed by atoms with Gasteiger partial charge in [0.15, 0.2) is 0 Å². The van der Waals surface area contributed by atoms with Crippen molar-refractivity contribution in [3.8, 4) is 0 Å². The van der Waals surface area contributed by atoms with Gasteiger partial charge in [-0.3, -0.25) is 4.90 Å². The zero-order chi connectivity index (χ0) is 20.8. The molecule has 0 amide bonds. The molecule has 156 valence electrons. The standard InChI is InChI=1S/C27H31BrN2/c28-24-13-11-21(12-14-24)19-30(26-17-15-25(29)16-18-26)20-27(22-7-3-1-4-8-22)23-9-5-2-6-10-23/h1-14,25-27H,15-20,29H2. The van der Waals surface area contributed by atoms with Crippen molar-refractivity contribution in [1.29, 1.82) is 0 Å². The van der Waals surface area contributed by atoms with E-state index in [-0.39, 0.29) is 0 Å². The smallest absolute Gasteiger partial charge is 0.0237 e. The summed E-state index contributed by atoms with van der Waals surface area (Å²) in [6.45, 7) is 1.99. The van der Waals surface area contributed by atoms with E-state index in [2.05, 4.69) is 106 Å². The molecule has 3 aromatic carbocycles. The molecule has 3 heteroatoms. The first-order valence-corrected chi connectivity index (χ1v) is 11.8. The van der Waals surface area contributed by atoms with E-state index in [4.69, 9.17) is 5.73 Å². The average Bonchev–Trinajstić information content (AvgIpc) is 2.80. The van der Waals surface area contributed by atoms with Crippen LogP contribution in [0.4, 0.5) is 0 Å². The summed E-state index contributed by atoms with van der Waals surface area (Å²) in [6, 6.07) is 31.7. The summed E-state index contributed by atoms with van der Waals surface area (Å²) >= 11 is 3.57. The van der Waals surface area contributed by atoms with E-state index in [1.807, 2.05) is 0 Å². The van der Waals surface area contributed by atoms with Crippen molar-refractivity contribution in [2.24, 2.45) is 5.73 Å². The van der Waals surface area contributed by atoms with Gasteiger partial charge in [0.2, 0.25) is 0 Å². The predicted octanol–water partition coefficient (Wildman–Crippen LogP) is 6.35. The first kappa shape index (κ1) is 21.3. The molecular weight excluding hydrogens is 432 g/mol. The molecule has 0 unspecified atom stereocenters. The van der Waals surface area contributed by atoms with Crippen molar-refractivity contribution >= 4 is 15.9 Å². The molecule has 4 rings (SSSR count). The molecule has 3 aromatic rings. The number of halogens is 1. The summed E-state index contributed by atoms with van der Waals surface area (Å²) in [5.74, 6) is 0.360. The van der Waals surface area contributed by atoms with E-state index in [1.54, 1.807) is 0 Å². The van der Waals surface area contributed by atoms with Crippen LogP contribution in [0.3, 0.4) is 0 Å². The average molecular weight is 463 g/mol. The van der Waals surface area contributed by atoms with E-state index in [1.165, 1.54) is 29.5 Å². The van der Waals surface area contributed by atoms with Crippen LogP contribution in [0, 0.1) is 0 Å². The predicted molar refractivity (Wildman–Crippen MR) is 130 cm³/mol. The van der Waals surface area contributed by atoms with E-state index >= 15 is 0 Å². The first-order chi connectivity index (χ1) is 14.7. The van der Waals surface area contributed by atoms with Crippen LogP contribution >= 0.6 is 15.9 Å². The molecule has 1 aliphatic carbocycles. The minimum atomic E-state index is 0.360. The highest BCUT2D eigenvalue weighted by Gasteiger charge is 2.27. The Morgan fingerprint density at radius 1 is 0.767 bits per heavy atom. The lowest BCUT2D eigenvalue weighted by Crippen LogP contribution is -2.42. The minimum absolute atomic E-state index is 0.360. The second kappa shape index (κ2) is 10.4. The highest BCUT2D eigenvalue weighted by Crippen LogP contribution is 2.30. The van der Waals surface area contributed by atoms with Gasteiger partial charge in [-0.2, -0.15) is 0 Å². The number of benzene rings is 3. The molecule has 0 atom stereocenters. The van der Waals surface area contributed by atoms with Crippen LogP contribution in [0.1, 0.15) is 48.3 Å². The van der Waals surface area contributed by atoms with Gasteiger partial charge >= 0.3 is 0 Å². The number of nitrogens with two attached hydrogens (primary N) is 1. The van der Waals surface area contributed by atoms with Crippen LogP contribution in [0.25, 0.3) is 0 Å². The lowest BCUT2D eigenvalue weighted by Gasteiger charge is -2.38.